The summed E-state index contributed by atoms with van der Waals surface area (Å²) in [6, 6.07) is 10.6. The highest BCUT2D eigenvalue weighted by atomic mass is 32.7. The Labute approximate surface area is 102 Å². The van der Waals surface area contributed by atoms with Crippen LogP contribution in [0, 0.1) is 0 Å². The molecule has 0 spiro atoms. The molecule has 1 heterocycles. The van der Waals surface area contributed by atoms with Gasteiger partial charge in [0, 0.05) is 30.1 Å². The summed E-state index contributed by atoms with van der Waals surface area (Å²) in [5.41, 5.74) is 0. The Bertz CT molecular complexity index is 306. The normalized spacial score (nSPS) is 19.6. The van der Waals surface area contributed by atoms with Crippen LogP contribution >= 0.6 is 18.9 Å². The molecule has 2 rings (SSSR count). The zero-order valence-corrected chi connectivity index (χ0v) is 11.0. The molecule has 0 saturated carbocycles. The van der Waals surface area contributed by atoms with Gasteiger partial charge in [-0.25, -0.2) is 0 Å². The first-order valence-electron chi connectivity index (χ1n) is 5.30. The highest BCUT2D eigenvalue weighted by Crippen LogP contribution is 2.52. The van der Waals surface area contributed by atoms with Crippen molar-refractivity contribution < 1.29 is 8.92 Å². The number of morpholine rings is 1. The molecule has 5 heteroatoms. The predicted octanol–water partition coefficient (Wildman–Crippen LogP) is 2.25. The molecule has 16 heavy (non-hydrogen) atoms. The maximum Gasteiger partial charge on any atom is 0.0881 e. The van der Waals surface area contributed by atoms with Crippen LogP contribution in [0.15, 0.2) is 30.3 Å². The van der Waals surface area contributed by atoms with Crippen LogP contribution in [0.5, 0.6) is 0 Å². The summed E-state index contributed by atoms with van der Waals surface area (Å²) in [6.07, 6.45) is 0. The van der Waals surface area contributed by atoms with Crippen molar-refractivity contribution in [1.29, 1.82) is 0 Å². The number of hydrogen-bond acceptors (Lipinski definition) is 4. The SMILES string of the molecule is COSP(c1ccccc1)N1CCOCC1. The van der Waals surface area contributed by atoms with E-state index in [1.165, 1.54) is 5.30 Å². The van der Waals surface area contributed by atoms with E-state index in [2.05, 4.69) is 28.9 Å². The Hall–Kier alpha value is -0.120. The van der Waals surface area contributed by atoms with Crippen LogP contribution in [0.3, 0.4) is 0 Å². The summed E-state index contributed by atoms with van der Waals surface area (Å²) in [4.78, 5) is 0. The summed E-state index contributed by atoms with van der Waals surface area (Å²) >= 11 is 1.57. The van der Waals surface area contributed by atoms with E-state index in [1.807, 2.05) is 6.07 Å². The van der Waals surface area contributed by atoms with E-state index in [-0.39, 0.29) is 0 Å². The van der Waals surface area contributed by atoms with E-state index in [0.29, 0.717) is 0 Å². The molecule has 0 amide bonds. The minimum Gasteiger partial charge on any atom is -0.379 e. The lowest BCUT2D eigenvalue weighted by molar-refractivity contribution is 0.0759. The van der Waals surface area contributed by atoms with Gasteiger partial charge in [0.1, 0.15) is 0 Å². The summed E-state index contributed by atoms with van der Waals surface area (Å²) in [6.45, 7) is 3.65. The van der Waals surface area contributed by atoms with Crippen LogP contribution in [0.25, 0.3) is 0 Å². The minimum absolute atomic E-state index is 0.426. The third-order valence-electron chi connectivity index (χ3n) is 2.37. The number of benzene rings is 1. The van der Waals surface area contributed by atoms with Crippen molar-refractivity contribution in [2.24, 2.45) is 0 Å². The van der Waals surface area contributed by atoms with Crippen molar-refractivity contribution in [3.63, 3.8) is 0 Å². The zero-order chi connectivity index (χ0) is 11.2. The van der Waals surface area contributed by atoms with Gasteiger partial charge in [0.15, 0.2) is 0 Å². The molecule has 88 valence electrons. The van der Waals surface area contributed by atoms with E-state index < -0.39 is 7.27 Å². The Kier molecular flexibility index (Phi) is 5.07. The fraction of sp³-hybridized carbons (Fsp3) is 0.455. The van der Waals surface area contributed by atoms with Gasteiger partial charge in [-0.3, -0.25) is 4.67 Å². The van der Waals surface area contributed by atoms with Crippen LogP contribution < -0.4 is 5.30 Å². The molecule has 3 nitrogen and oxygen atoms in total. The first-order chi connectivity index (χ1) is 7.92. The van der Waals surface area contributed by atoms with Gasteiger partial charge in [-0.2, -0.15) is 0 Å². The van der Waals surface area contributed by atoms with Gasteiger partial charge in [-0.1, -0.05) is 30.3 Å². The summed E-state index contributed by atoms with van der Waals surface area (Å²) < 4.78 is 13.1. The van der Waals surface area contributed by atoms with Crippen molar-refractivity contribution in [3.8, 4) is 0 Å². The number of hydrogen-bond donors (Lipinski definition) is 0. The molecule has 1 saturated heterocycles. The fourth-order valence-electron chi connectivity index (χ4n) is 1.61. The Balaban J connectivity index is 2.09. The maximum atomic E-state index is 5.38. The van der Waals surface area contributed by atoms with Gasteiger partial charge < -0.3 is 8.92 Å². The molecular weight excluding hydrogens is 241 g/mol. The second-order valence-electron chi connectivity index (χ2n) is 3.42. The van der Waals surface area contributed by atoms with Crippen molar-refractivity contribution in [2.45, 2.75) is 0 Å². The van der Waals surface area contributed by atoms with E-state index in [4.69, 9.17) is 8.92 Å². The van der Waals surface area contributed by atoms with E-state index >= 15 is 0 Å². The minimum atomic E-state index is -0.426. The molecule has 1 aliphatic rings. The quantitative estimate of drug-likeness (QED) is 0.609. The van der Waals surface area contributed by atoms with Crippen molar-refractivity contribution in [1.82, 2.24) is 4.67 Å². The lowest BCUT2D eigenvalue weighted by Gasteiger charge is -2.32. The summed E-state index contributed by atoms with van der Waals surface area (Å²) in [5, 5.41) is 1.35. The van der Waals surface area contributed by atoms with E-state index in [0.717, 1.165) is 26.3 Å². The molecule has 1 unspecified atom stereocenters. The molecule has 1 aromatic carbocycles. The van der Waals surface area contributed by atoms with Gasteiger partial charge in [0.25, 0.3) is 0 Å². The molecule has 0 N–H and O–H groups in total. The van der Waals surface area contributed by atoms with Crippen molar-refractivity contribution in [2.75, 3.05) is 33.4 Å². The molecule has 1 atom stereocenters. The van der Waals surface area contributed by atoms with Crippen LogP contribution in [0.2, 0.25) is 0 Å². The molecule has 0 aliphatic carbocycles. The van der Waals surface area contributed by atoms with Gasteiger partial charge in [-0.15, -0.1) is 0 Å². The second kappa shape index (κ2) is 6.58. The van der Waals surface area contributed by atoms with Gasteiger partial charge >= 0.3 is 0 Å². The third-order valence-corrected chi connectivity index (χ3v) is 6.51. The van der Waals surface area contributed by atoms with E-state index in [9.17, 15) is 0 Å². The number of ether oxygens (including phenoxy) is 1. The van der Waals surface area contributed by atoms with Gasteiger partial charge in [0.2, 0.25) is 0 Å². The second-order valence-corrected chi connectivity index (χ2v) is 7.01. The molecule has 1 aliphatic heterocycles. The third kappa shape index (κ3) is 3.19. The van der Waals surface area contributed by atoms with Crippen LogP contribution in [-0.2, 0) is 8.92 Å². The van der Waals surface area contributed by atoms with Gasteiger partial charge in [-0.05, 0) is 0 Å². The fourth-order valence-corrected chi connectivity index (χ4v) is 5.04. The van der Waals surface area contributed by atoms with Crippen molar-refractivity contribution >= 4 is 24.2 Å². The number of rotatable bonds is 4. The monoisotopic (exact) mass is 257 g/mol. The maximum absolute atomic E-state index is 5.38. The summed E-state index contributed by atoms with van der Waals surface area (Å²) in [5.74, 6) is 0. The molecule has 0 radical (unpaired) electrons. The average Bonchev–Trinajstić information content (AvgIpc) is 2.38. The Morgan fingerprint density at radius 3 is 2.56 bits per heavy atom. The highest BCUT2D eigenvalue weighted by molar-refractivity contribution is 8.54. The average molecular weight is 257 g/mol. The van der Waals surface area contributed by atoms with Crippen LogP contribution in [0.1, 0.15) is 0 Å². The van der Waals surface area contributed by atoms with Gasteiger partial charge in [0.05, 0.1) is 27.6 Å². The largest absolute Gasteiger partial charge is 0.379 e. The van der Waals surface area contributed by atoms with Crippen molar-refractivity contribution in [3.05, 3.63) is 30.3 Å². The molecule has 0 aromatic heterocycles. The topological polar surface area (TPSA) is 21.7 Å². The first kappa shape index (κ1) is 12.3. The molecule has 1 fully saturated rings. The Morgan fingerprint density at radius 1 is 1.25 bits per heavy atom. The van der Waals surface area contributed by atoms with Crippen LogP contribution in [0.4, 0.5) is 0 Å². The Morgan fingerprint density at radius 2 is 1.94 bits per heavy atom. The van der Waals surface area contributed by atoms with Crippen LogP contribution in [-0.4, -0.2) is 38.1 Å². The first-order valence-corrected chi connectivity index (χ1v) is 7.94. The standard InChI is InChI=1S/C11H16NO2PS/c1-13-16-15(11-5-3-2-4-6-11)12-7-9-14-10-8-12/h2-6H,7-10H2,1H3. The molecule has 1 aromatic rings. The summed E-state index contributed by atoms with van der Waals surface area (Å²) in [7, 11) is 1.31. The highest BCUT2D eigenvalue weighted by Gasteiger charge is 2.23. The molecular formula is C11H16NO2PS. The lowest BCUT2D eigenvalue weighted by atomic mass is 10.4. The lowest BCUT2D eigenvalue weighted by Crippen LogP contribution is -2.33. The molecule has 0 bridgehead atoms. The van der Waals surface area contributed by atoms with E-state index in [1.54, 1.807) is 18.8 Å². The predicted molar refractivity (Wildman–Crippen MR) is 70.0 cm³/mol. The zero-order valence-electron chi connectivity index (χ0n) is 9.33. The smallest absolute Gasteiger partial charge is 0.0881 e. The number of nitrogens with zero attached hydrogens (tertiary/aromatic N) is 1.